The molecule has 0 atom stereocenters. The molecule has 0 saturated heterocycles. The molecule has 8 nitrogen and oxygen atoms in total. The summed E-state index contributed by atoms with van der Waals surface area (Å²) < 4.78 is 10.0. The highest BCUT2D eigenvalue weighted by Gasteiger charge is 2.12. The highest BCUT2D eigenvalue weighted by atomic mass is 16.5. The standard InChI is InChI=1S/C21H20N4O4/c1-13-7-8-18(28-2)16(9-13)25-19-11-17(22-12-23-19)20(26)24-15-6-4-5-14(10-15)21(27)29-3/h4-12H,1-3H3,(H,24,26)(H,22,23,25). The number of ether oxygens (including phenoxy) is 2. The quantitative estimate of drug-likeness (QED) is 0.618. The number of anilines is 3. The van der Waals surface area contributed by atoms with Crippen LogP contribution in [0.4, 0.5) is 17.2 Å². The van der Waals surface area contributed by atoms with Gasteiger partial charge in [-0.25, -0.2) is 14.8 Å². The van der Waals surface area contributed by atoms with Crippen molar-refractivity contribution in [2.45, 2.75) is 6.92 Å². The van der Waals surface area contributed by atoms with Crippen molar-refractivity contribution < 1.29 is 19.1 Å². The lowest BCUT2D eigenvalue weighted by atomic mass is 10.2. The number of nitrogens with zero attached hydrogens (tertiary/aromatic N) is 2. The molecule has 2 N–H and O–H groups in total. The minimum Gasteiger partial charge on any atom is -0.495 e. The molecule has 29 heavy (non-hydrogen) atoms. The molecule has 0 aliphatic carbocycles. The molecule has 0 bridgehead atoms. The highest BCUT2D eigenvalue weighted by Crippen LogP contribution is 2.28. The van der Waals surface area contributed by atoms with E-state index in [2.05, 4.69) is 25.3 Å². The number of aryl methyl sites for hydroxylation is 1. The Labute approximate surface area is 167 Å². The zero-order chi connectivity index (χ0) is 20.8. The van der Waals surface area contributed by atoms with Crippen molar-refractivity contribution in [3.05, 3.63) is 71.7 Å². The van der Waals surface area contributed by atoms with Gasteiger partial charge in [0.25, 0.3) is 5.91 Å². The molecule has 0 saturated carbocycles. The topological polar surface area (TPSA) is 102 Å². The zero-order valence-electron chi connectivity index (χ0n) is 16.2. The van der Waals surface area contributed by atoms with Gasteiger partial charge in [-0.1, -0.05) is 12.1 Å². The molecular weight excluding hydrogens is 372 g/mol. The maximum absolute atomic E-state index is 12.6. The summed E-state index contributed by atoms with van der Waals surface area (Å²) >= 11 is 0. The van der Waals surface area contributed by atoms with E-state index in [0.717, 1.165) is 11.3 Å². The number of methoxy groups -OCH3 is 2. The first kappa shape index (κ1) is 19.8. The number of esters is 1. The lowest BCUT2D eigenvalue weighted by Gasteiger charge is -2.12. The minimum atomic E-state index is -0.485. The number of amides is 1. The fourth-order valence-electron chi connectivity index (χ4n) is 2.64. The van der Waals surface area contributed by atoms with E-state index >= 15 is 0 Å². The van der Waals surface area contributed by atoms with Crippen LogP contribution in [0.5, 0.6) is 5.75 Å². The number of hydrogen-bond donors (Lipinski definition) is 2. The van der Waals surface area contributed by atoms with Gasteiger partial charge in [-0.3, -0.25) is 4.79 Å². The summed E-state index contributed by atoms with van der Waals surface area (Å²) in [4.78, 5) is 32.4. The summed E-state index contributed by atoms with van der Waals surface area (Å²) in [5.41, 5.74) is 2.72. The molecule has 1 aromatic heterocycles. The van der Waals surface area contributed by atoms with E-state index in [1.807, 2.05) is 25.1 Å². The molecule has 8 heteroatoms. The minimum absolute atomic E-state index is 0.164. The molecule has 1 heterocycles. The second-order valence-electron chi connectivity index (χ2n) is 6.14. The van der Waals surface area contributed by atoms with Crippen molar-refractivity contribution in [1.29, 1.82) is 0 Å². The molecule has 0 radical (unpaired) electrons. The molecule has 0 aliphatic heterocycles. The molecule has 148 valence electrons. The predicted octanol–water partition coefficient (Wildman–Crippen LogP) is 3.58. The Morgan fingerprint density at radius 1 is 1.00 bits per heavy atom. The van der Waals surface area contributed by atoms with Crippen LogP contribution in [0, 0.1) is 6.92 Å². The summed E-state index contributed by atoms with van der Waals surface area (Å²) in [5.74, 6) is 0.174. The predicted molar refractivity (Wildman–Crippen MR) is 109 cm³/mol. The molecule has 0 fully saturated rings. The zero-order valence-corrected chi connectivity index (χ0v) is 16.2. The monoisotopic (exact) mass is 392 g/mol. The third-order valence-electron chi connectivity index (χ3n) is 4.06. The highest BCUT2D eigenvalue weighted by molar-refractivity contribution is 6.04. The van der Waals surface area contributed by atoms with Gasteiger partial charge in [-0.2, -0.15) is 0 Å². The largest absolute Gasteiger partial charge is 0.495 e. The number of hydrogen-bond acceptors (Lipinski definition) is 7. The summed E-state index contributed by atoms with van der Waals surface area (Å²) in [6.45, 7) is 1.96. The molecule has 0 unspecified atom stereocenters. The van der Waals surface area contributed by atoms with E-state index in [9.17, 15) is 9.59 Å². The SMILES string of the molecule is COC(=O)c1cccc(NC(=O)c2cc(Nc3cc(C)ccc3OC)ncn2)c1. The van der Waals surface area contributed by atoms with Crippen LogP contribution in [0.25, 0.3) is 0 Å². The Balaban J connectivity index is 1.78. The molecule has 3 rings (SSSR count). The number of carbonyl (C=O) groups is 2. The third kappa shape index (κ3) is 4.86. The number of carbonyl (C=O) groups excluding carboxylic acids is 2. The Morgan fingerprint density at radius 3 is 2.59 bits per heavy atom. The van der Waals surface area contributed by atoms with Crippen molar-refractivity contribution in [3.8, 4) is 5.75 Å². The van der Waals surface area contributed by atoms with E-state index in [-0.39, 0.29) is 5.69 Å². The van der Waals surface area contributed by atoms with Crippen LogP contribution in [0.3, 0.4) is 0 Å². The van der Waals surface area contributed by atoms with E-state index in [1.165, 1.54) is 25.6 Å². The molecule has 2 aromatic carbocycles. The number of aromatic nitrogens is 2. The summed E-state index contributed by atoms with van der Waals surface area (Å²) in [7, 11) is 2.88. The summed E-state index contributed by atoms with van der Waals surface area (Å²) in [6.07, 6.45) is 1.30. The molecule has 0 aliphatic rings. The van der Waals surface area contributed by atoms with Crippen molar-refractivity contribution >= 4 is 29.1 Å². The normalized spacial score (nSPS) is 10.2. The average Bonchev–Trinajstić information content (AvgIpc) is 2.73. The first-order chi connectivity index (χ1) is 14.0. The number of rotatable bonds is 6. The Hall–Kier alpha value is -3.94. The van der Waals surface area contributed by atoms with Crippen molar-refractivity contribution in [1.82, 2.24) is 9.97 Å². The van der Waals surface area contributed by atoms with Crippen molar-refractivity contribution in [2.75, 3.05) is 24.9 Å². The molecular formula is C21H20N4O4. The van der Waals surface area contributed by atoms with E-state index in [1.54, 1.807) is 25.3 Å². The molecule has 1 amide bonds. The molecule has 0 spiro atoms. The van der Waals surface area contributed by atoms with Gasteiger partial charge in [0.1, 0.15) is 23.6 Å². The molecule has 3 aromatic rings. The van der Waals surface area contributed by atoms with Crippen molar-refractivity contribution in [3.63, 3.8) is 0 Å². The average molecular weight is 392 g/mol. The maximum atomic E-state index is 12.6. The Bertz CT molecular complexity index is 1050. The summed E-state index contributed by atoms with van der Waals surface area (Å²) in [6, 6.07) is 13.7. The van der Waals surface area contributed by atoms with Crippen LogP contribution < -0.4 is 15.4 Å². The van der Waals surface area contributed by atoms with E-state index in [0.29, 0.717) is 22.8 Å². The second-order valence-corrected chi connectivity index (χ2v) is 6.14. The van der Waals surface area contributed by atoms with Gasteiger partial charge < -0.3 is 20.1 Å². The number of benzene rings is 2. The Kier molecular flexibility index (Phi) is 6.03. The fourth-order valence-corrected chi connectivity index (χ4v) is 2.64. The summed E-state index contributed by atoms with van der Waals surface area (Å²) in [5, 5.41) is 5.85. The van der Waals surface area contributed by atoms with Crippen molar-refractivity contribution in [2.24, 2.45) is 0 Å². The van der Waals surface area contributed by atoms with E-state index in [4.69, 9.17) is 4.74 Å². The number of nitrogens with one attached hydrogen (secondary N) is 2. The van der Waals surface area contributed by atoms with Crippen LogP contribution in [-0.4, -0.2) is 36.1 Å². The van der Waals surface area contributed by atoms with Crippen LogP contribution >= 0.6 is 0 Å². The van der Waals surface area contributed by atoms with Gasteiger partial charge in [0.15, 0.2) is 0 Å². The second kappa shape index (κ2) is 8.83. The van der Waals surface area contributed by atoms with Crippen LogP contribution in [0.1, 0.15) is 26.4 Å². The van der Waals surface area contributed by atoms with Gasteiger partial charge in [-0.15, -0.1) is 0 Å². The lowest BCUT2D eigenvalue weighted by molar-refractivity contribution is 0.0600. The lowest BCUT2D eigenvalue weighted by Crippen LogP contribution is -2.15. The van der Waals surface area contributed by atoms with Crippen LogP contribution in [0.2, 0.25) is 0 Å². The van der Waals surface area contributed by atoms with Crippen LogP contribution in [-0.2, 0) is 4.74 Å². The first-order valence-corrected chi connectivity index (χ1v) is 8.73. The van der Waals surface area contributed by atoms with Crippen LogP contribution in [0.15, 0.2) is 54.9 Å². The van der Waals surface area contributed by atoms with Gasteiger partial charge in [0, 0.05) is 11.8 Å². The van der Waals surface area contributed by atoms with Gasteiger partial charge >= 0.3 is 5.97 Å². The fraction of sp³-hybridized carbons (Fsp3) is 0.143. The van der Waals surface area contributed by atoms with Gasteiger partial charge in [0.05, 0.1) is 25.5 Å². The van der Waals surface area contributed by atoms with Gasteiger partial charge in [0.2, 0.25) is 0 Å². The Morgan fingerprint density at radius 2 is 1.83 bits per heavy atom. The maximum Gasteiger partial charge on any atom is 0.337 e. The smallest absolute Gasteiger partial charge is 0.337 e. The first-order valence-electron chi connectivity index (χ1n) is 8.73. The van der Waals surface area contributed by atoms with Gasteiger partial charge in [-0.05, 0) is 42.8 Å². The third-order valence-corrected chi connectivity index (χ3v) is 4.06. The van der Waals surface area contributed by atoms with E-state index < -0.39 is 11.9 Å².